The van der Waals surface area contributed by atoms with Gasteiger partial charge in [0.05, 0.1) is 11.3 Å². The molecule has 4 aromatic carbocycles. The minimum Gasteiger partial charge on any atom is -0.343 e. The molecule has 0 aliphatic rings. The van der Waals surface area contributed by atoms with E-state index in [2.05, 4.69) is 22.0 Å². The van der Waals surface area contributed by atoms with Gasteiger partial charge in [0.1, 0.15) is 6.04 Å². The standard InChI is InChI=1S/C42H41F3N4O2/c1-47(30-34-13-7-4-8-14-34)27-28-48(2)41(51)39(29-33-11-5-3-6-12-33)49(31-35-16-21-36(22-17-35)38-15-9-10-26-46-38)40(50)25-20-32-18-23-37(24-19-32)42(43,44)45/h3-26,39H,27-31H2,1-2H3/b25-20+/t39-/m0/s1. The number of pyridine rings is 1. The van der Waals surface area contributed by atoms with Crippen LogP contribution in [0.1, 0.15) is 27.8 Å². The highest BCUT2D eigenvalue weighted by molar-refractivity contribution is 5.95. The number of carbonyl (C=O) groups excluding carboxylic acids is 2. The van der Waals surface area contributed by atoms with Gasteiger partial charge in [-0.2, -0.15) is 13.2 Å². The van der Waals surface area contributed by atoms with Gasteiger partial charge >= 0.3 is 6.18 Å². The Balaban J connectivity index is 1.42. The van der Waals surface area contributed by atoms with Crippen molar-refractivity contribution in [1.82, 2.24) is 19.7 Å². The molecule has 0 saturated heterocycles. The Morgan fingerprint density at radius 2 is 1.31 bits per heavy atom. The summed E-state index contributed by atoms with van der Waals surface area (Å²) in [6.07, 6.45) is 0.336. The molecule has 0 spiro atoms. The third-order valence-electron chi connectivity index (χ3n) is 8.63. The smallest absolute Gasteiger partial charge is 0.343 e. The number of benzene rings is 4. The zero-order chi connectivity index (χ0) is 36.2. The normalized spacial score (nSPS) is 12.2. The molecule has 51 heavy (non-hydrogen) atoms. The van der Waals surface area contributed by atoms with E-state index in [0.29, 0.717) is 18.7 Å². The van der Waals surface area contributed by atoms with Crippen molar-refractivity contribution in [3.05, 3.63) is 167 Å². The number of hydrogen-bond donors (Lipinski definition) is 0. The van der Waals surface area contributed by atoms with Gasteiger partial charge in [0, 0.05) is 57.5 Å². The van der Waals surface area contributed by atoms with Crippen LogP contribution in [0.2, 0.25) is 0 Å². The number of alkyl halides is 3. The molecule has 5 rings (SSSR count). The third kappa shape index (κ3) is 10.7. The Labute approximate surface area is 297 Å². The number of halogens is 3. The highest BCUT2D eigenvalue weighted by Crippen LogP contribution is 2.29. The zero-order valence-electron chi connectivity index (χ0n) is 28.7. The van der Waals surface area contributed by atoms with Crippen LogP contribution in [0.3, 0.4) is 0 Å². The summed E-state index contributed by atoms with van der Waals surface area (Å²) in [5, 5.41) is 0. The lowest BCUT2D eigenvalue weighted by atomic mass is 10.0. The summed E-state index contributed by atoms with van der Waals surface area (Å²) < 4.78 is 39.5. The van der Waals surface area contributed by atoms with Gasteiger partial charge < -0.3 is 14.7 Å². The molecule has 0 bridgehead atoms. The molecule has 0 unspecified atom stereocenters. The number of carbonyl (C=O) groups is 2. The Morgan fingerprint density at radius 3 is 1.92 bits per heavy atom. The molecule has 9 heteroatoms. The van der Waals surface area contributed by atoms with Crippen molar-refractivity contribution in [1.29, 1.82) is 0 Å². The lowest BCUT2D eigenvalue weighted by Crippen LogP contribution is -2.51. The van der Waals surface area contributed by atoms with Crippen LogP contribution in [0.4, 0.5) is 13.2 Å². The van der Waals surface area contributed by atoms with Crippen LogP contribution < -0.4 is 0 Å². The van der Waals surface area contributed by atoms with Crippen molar-refractivity contribution in [3.63, 3.8) is 0 Å². The zero-order valence-corrected chi connectivity index (χ0v) is 28.7. The predicted octanol–water partition coefficient (Wildman–Crippen LogP) is 8.01. The monoisotopic (exact) mass is 690 g/mol. The summed E-state index contributed by atoms with van der Waals surface area (Å²) in [4.78, 5) is 38.3. The molecule has 5 aromatic rings. The molecule has 2 amide bonds. The van der Waals surface area contributed by atoms with Crippen LogP contribution in [0.5, 0.6) is 0 Å². The van der Waals surface area contributed by atoms with E-state index >= 15 is 0 Å². The Bertz CT molecular complexity index is 1870. The number of rotatable bonds is 14. The SMILES string of the molecule is CN(CCN(C)C(=O)[C@H](Cc1ccccc1)N(Cc1ccc(-c2ccccn2)cc1)C(=O)/C=C/c1ccc(C(F)(F)F)cc1)Cc1ccccc1. The van der Waals surface area contributed by atoms with E-state index in [1.165, 1.54) is 29.8 Å². The van der Waals surface area contributed by atoms with Gasteiger partial charge in [-0.25, -0.2) is 0 Å². The van der Waals surface area contributed by atoms with Gasteiger partial charge in [0.25, 0.3) is 0 Å². The van der Waals surface area contributed by atoms with E-state index in [4.69, 9.17) is 0 Å². The Hall–Kier alpha value is -5.54. The summed E-state index contributed by atoms with van der Waals surface area (Å²) in [7, 11) is 3.75. The highest BCUT2D eigenvalue weighted by Gasteiger charge is 2.32. The van der Waals surface area contributed by atoms with E-state index in [0.717, 1.165) is 41.1 Å². The van der Waals surface area contributed by atoms with Gasteiger partial charge in [0.2, 0.25) is 11.8 Å². The van der Waals surface area contributed by atoms with Crippen molar-refractivity contribution in [2.45, 2.75) is 31.7 Å². The molecule has 0 fully saturated rings. The van der Waals surface area contributed by atoms with Crippen LogP contribution in [-0.2, 0) is 35.3 Å². The fourth-order valence-electron chi connectivity index (χ4n) is 5.73. The molecule has 1 aromatic heterocycles. The van der Waals surface area contributed by atoms with Crippen molar-refractivity contribution >= 4 is 17.9 Å². The second kappa shape index (κ2) is 17.4. The van der Waals surface area contributed by atoms with Crippen LogP contribution in [0.15, 0.2) is 140 Å². The van der Waals surface area contributed by atoms with Crippen LogP contribution >= 0.6 is 0 Å². The summed E-state index contributed by atoms with van der Waals surface area (Å²) in [6.45, 7) is 1.91. The highest BCUT2D eigenvalue weighted by atomic mass is 19.4. The number of likely N-dealkylation sites (N-methyl/N-ethyl adjacent to an activating group) is 2. The van der Waals surface area contributed by atoms with Gasteiger partial charge in [-0.1, -0.05) is 103 Å². The molecular weight excluding hydrogens is 649 g/mol. The summed E-state index contributed by atoms with van der Waals surface area (Å²) >= 11 is 0. The van der Waals surface area contributed by atoms with Crippen LogP contribution in [0, 0.1) is 0 Å². The third-order valence-corrected chi connectivity index (χ3v) is 8.63. The van der Waals surface area contributed by atoms with Crippen molar-refractivity contribution < 1.29 is 22.8 Å². The molecule has 6 nitrogen and oxygen atoms in total. The second-order valence-electron chi connectivity index (χ2n) is 12.5. The van der Waals surface area contributed by atoms with Crippen LogP contribution in [0.25, 0.3) is 17.3 Å². The summed E-state index contributed by atoms with van der Waals surface area (Å²) in [5.74, 6) is -0.652. The van der Waals surface area contributed by atoms with Gasteiger partial charge in [-0.3, -0.25) is 14.6 Å². The van der Waals surface area contributed by atoms with E-state index in [1.807, 2.05) is 98.0 Å². The first-order valence-electron chi connectivity index (χ1n) is 16.7. The average molecular weight is 691 g/mol. The minimum absolute atomic E-state index is 0.129. The van der Waals surface area contributed by atoms with E-state index in [-0.39, 0.29) is 18.9 Å². The second-order valence-corrected chi connectivity index (χ2v) is 12.5. The molecular formula is C42H41F3N4O2. The number of hydrogen-bond acceptors (Lipinski definition) is 4. The molecule has 0 N–H and O–H groups in total. The van der Waals surface area contributed by atoms with Gasteiger partial charge in [0.15, 0.2) is 0 Å². The fraction of sp³-hybridized carbons (Fsp3) is 0.214. The maximum absolute atomic E-state index is 14.4. The maximum atomic E-state index is 14.4. The quantitative estimate of drug-likeness (QED) is 0.111. The molecule has 1 heterocycles. The van der Waals surface area contributed by atoms with Crippen LogP contribution in [-0.4, -0.2) is 64.7 Å². The van der Waals surface area contributed by atoms with Crippen molar-refractivity contribution in [3.8, 4) is 11.3 Å². The predicted molar refractivity (Wildman–Crippen MR) is 195 cm³/mol. The maximum Gasteiger partial charge on any atom is 0.416 e. The summed E-state index contributed by atoms with van der Waals surface area (Å²) in [6, 6.07) is 36.7. The van der Waals surface area contributed by atoms with E-state index < -0.39 is 23.7 Å². The molecule has 262 valence electrons. The minimum atomic E-state index is -4.46. The molecule has 0 aliphatic heterocycles. The lowest BCUT2D eigenvalue weighted by Gasteiger charge is -2.34. The van der Waals surface area contributed by atoms with Gasteiger partial charge in [-0.05, 0) is 59.6 Å². The number of aromatic nitrogens is 1. The number of amides is 2. The first-order chi connectivity index (χ1) is 24.6. The largest absolute Gasteiger partial charge is 0.416 e. The topological polar surface area (TPSA) is 56.8 Å². The molecule has 0 radical (unpaired) electrons. The first kappa shape index (κ1) is 36.7. The first-order valence-corrected chi connectivity index (χ1v) is 16.7. The molecule has 1 atom stereocenters. The summed E-state index contributed by atoms with van der Waals surface area (Å²) in [5.41, 5.74) is 4.25. The fourth-order valence-corrected chi connectivity index (χ4v) is 5.73. The molecule has 0 saturated carbocycles. The Kier molecular flexibility index (Phi) is 12.5. The lowest BCUT2D eigenvalue weighted by molar-refractivity contribution is -0.143. The average Bonchev–Trinajstić information content (AvgIpc) is 3.15. The van der Waals surface area contributed by atoms with E-state index in [1.54, 1.807) is 23.0 Å². The van der Waals surface area contributed by atoms with Gasteiger partial charge in [-0.15, -0.1) is 0 Å². The molecule has 0 aliphatic carbocycles. The number of nitrogens with zero attached hydrogens (tertiary/aromatic N) is 4. The Morgan fingerprint density at radius 1 is 0.706 bits per heavy atom. The van der Waals surface area contributed by atoms with E-state index in [9.17, 15) is 22.8 Å². The van der Waals surface area contributed by atoms with Crippen molar-refractivity contribution in [2.24, 2.45) is 0 Å². The van der Waals surface area contributed by atoms with Crippen molar-refractivity contribution in [2.75, 3.05) is 27.2 Å².